The van der Waals surface area contributed by atoms with Gasteiger partial charge in [-0.1, -0.05) is 9.46 Å². The Hall–Kier alpha value is -3.42. The Bertz CT molecular complexity index is 1500. The molecule has 1 aromatic carbocycles. The van der Waals surface area contributed by atoms with Crippen LogP contribution < -0.4 is 30.8 Å². The summed E-state index contributed by atoms with van der Waals surface area (Å²) < 4.78 is 124. The average Bonchev–Trinajstić information content (AvgIpc) is 2.99. The summed E-state index contributed by atoms with van der Waals surface area (Å²) in [4.78, 5) is 48.4. The minimum absolute atomic E-state index is 0.332. The highest BCUT2D eigenvalue weighted by Gasteiger charge is 2.50. The monoisotopic (exact) mass is 512 g/mol. The smallest absolute Gasteiger partial charge is 0.274 e. The van der Waals surface area contributed by atoms with Gasteiger partial charge < -0.3 is 0 Å². The molecule has 0 aliphatic rings. The van der Waals surface area contributed by atoms with Crippen LogP contribution >= 0.6 is 0 Å². The van der Waals surface area contributed by atoms with Gasteiger partial charge in [0.2, 0.25) is 0 Å². The Morgan fingerprint density at radius 3 is 0.969 bits per heavy atom. The first-order valence-corrected chi connectivity index (χ1v) is 10.1. The van der Waals surface area contributed by atoms with Gasteiger partial charge >= 0.3 is 31.3 Å². The van der Waals surface area contributed by atoms with Crippen LogP contribution in [0, 0.1) is 0 Å². The number of aromatic nitrogens is 2. The lowest BCUT2D eigenvalue weighted by atomic mass is 10.1. The summed E-state index contributed by atoms with van der Waals surface area (Å²) in [5.74, 6) is 0. The first-order valence-electron chi connectivity index (χ1n) is 7.27. The van der Waals surface area contributed by atoms with Gasteiger partial charge in [-0.25, -0.2) is 0 Å². The zero-order valence-electron chi connectivity index (χ0n) is 14.2. The van der Waals surface area contributed by atoms with Gasteiger partial charge in [0.25, 0.3) is 22.2 Å². The van der Waals surface area contributed by atoms with Crippen molar-refractivity contribution < 1.29 is 51.7 Å². The number of halogens is 6. The molecule has 32 heavy (non-hydrogen) atoms. The summed E-state index contributed by atoms with van der Waals surface area (Å²) in [6.45, 7) is 0. The highest BCUT2D eigenvalue weighted by atomic mass is 32.2. The fraction of sp³-hybridized carbons (Fsp3) is 0.167. The van der Waals surface area contributed by atoms with Gasteiger partial charge in [0.1, 0.15) is 0 Å². The molecule has 0 atom stereocenters. The molecule has 174 valence electrons. The van der Waals surface area contributed by atoms with E-state index in [4.69, 9.17) is 0 Å². The Labute approximate surface area is 168 Å². The van der Waals surface area contributed by atoms with E-state index >= 15 is 0 Å². The Kier molecular flexibility index (Phi) is 4.75. The van der Waals surface area contributed by atoms with E-state index in [1.807, 2.05) is 0 Å². The lowest BCUT2D eigenvalue weighted by Gasteiger charge is -2.07. The Morgan fingerprint density at radius 1 is 0.562 bits per heavy atom. The normalized spacial score (nSPS) is 13.7. The van der Waals surface area contributed by atoms with E-state index in [9.17, 15) is 62.4 Å². The topological polar surface area (TPSA) is 165 Å². The number of alkyl halides is 6. The van der Waals surface area contributed by atoms with Gasteiger partial charge in [0, 0.05) is 0 Å². The van der Waals surface area contributed by atoms with E-state index in [2.05, 4.69) is 8.57 Å². The molecule has 0 amide bonds. The molecule has 2 heterocycles. The molecule has 0 fully saturated rings. The molecule has 0 unspecified atom stereocenters. The Morgan fingerprint density at radius 2 is 0.781 bits per heavy atom. The molecule has 3 rings (SSSR count). The van der Waals surface area contributed by atoms with Crippen molar-refractivity contribution in [1.82, 2.24) is 9.46 Å². The predicted octanol–water partition coefficient (Wildman–Crippen LogP) is -1.53. The van der Waals surface area contributed by atoms with Crippen molar-refractivity contribution in [2.45, 2.75) is 11.0 Å². The van der Waals surface area contributed by atoms with Crippen LogP contribution in [0.25, 0.3) is 21.5 Å². The van der Waals surface area contributed by atoms with Crippen molar-refractivity contribution in [3.05, 3.63) is 53.5 Å². The summed E-state index contributed by atoms with van der Waals surface area (Å²) in [6, 6.07) is 0.663. The van der Waals surface area contributed by atoms with Crippen LogP contribution in [-0.2, 0) is 20.2 Å². The van der Waals surface area contributed by atoms with Gasteiger partial charge in [-0.3, -0.25) is 27.7 Å². The second-order valence-electron chi connectivity index (χ2n) is 5.70. The van der Waals surface area contributed by atoms with Crippen LogP contribution in [0.1, 0.15) is 0 Å². The quantitative estimate of drug-likeness (QED) is 0.296. The lowest BCUT2D eigenvalue weighted by Crippen LogP contribution is -2.41. The number of rotatable bonds is 4. The van der Waals surface area contributed by atoms with Gasteiger partial charge in [0.15, 0.2) is 0 Å². The van der Waals surface area contributed by atoms with Gasteiger partial charge in [0.05, 0.1) is 21.5 Å². The largest absolute Gasteiger partial charge is 0.536 e. The third-order valence-corrected chi connectivity index (χ3v) is 5.55. The molecule has 0 radical (unpaired) electrons. The number of fused-ring (bicyclic) bond motifs is 2. The maximum atomic E-state index is 12.4. The zero-order valence-corrected chi connectivity index (χ0v) is 15.8. The number of hydrogen-bond acceptors (Lipinski definition) is 10. The maximum Gasteiger partial charge on any atom is 0.536 e. The molecular formula is C12H2F6N2O10S2. The summed E-state index contributed by atoms with van der Waals surface area (Å²) >= 11 is 0. The van der Waals surface area contributed by atoms with Crippen molar-refractivity contribution in [1.29, 1.82) is 0 Å². The first-order chi connectivity index (χ1) is 14.3. The molecule has 0 saturated heterocycles. The third kappa shape index (κ3) is 3.30. The van der Waals surface area contributed by atoms with Crippen molar-refractivity contribution in [2.75, 3.05) is 0 Å². The fourth-order valence-electron chi connectivity index (χ4n) is 2.35. The van der Waals surface area contributed by atoms with Crippen LogP contribution in [0.15, 0.2) is 31.3 Å². The predicted molar refractivity (Wildman–Crippen MR) is 88.0 cm³/mol. The molecule has 0 N–H and O–H groups in total. The summed E-state index contributed by atoms with van der Waals surface area (Å²) in [7, 11) is -13.0. The van der Waals surface area contributed by atoms with E-state index < -0.39 is 84.5 Å². The van der Waals surface area contributed by atoms with E-state index in [1.54, 1.807) is 0 Å². The van der Waals surface area contributed by atoms with Crippen molar-refractivity contribution >= 4 is 41.8 Å². The number of nitrogens with zero attached hydrogens (tertiary/aromatic N) is 2. The second-order valence-corrected chi connectivity index (χ2v) is 8.74. The standard InChI is InChI=1S/C12H2F6N2O10S2/c13-11(14,15)31(25,26)29-19-7(21)3-1-4-6(2-5(3)9(19)23)10(24)20(8(4)22)30-32(27,28)12(16,17)18/h1-2H. The van der Waals surface area contributed by atoms with E-state index in [-0.39, 0.29) is 0 Å². The molecule has 3 aromatic rings. The average molecular weight is 512 g/mol. The van der Waals surface area contributed by atoms with Gasteiger partial charge in [-0.15, -0.1) is 0 Å². The van der Waals surface area contributed by atoms with E-state index in [0.717, 1.165) is 0 Å². The van der Waals surface area contributed by atoms with Crippen molar-refractivity contribution in [3.8, 4) is 0 Å². The minimum Gasteiger partial charge on any atom is -0.274 e. The summed E-state index contributed by atoms with van der Waals surface area (Å²) in [5, 5.41) is -3.92. The molecule has 2 aromatic heterocycles. The van der Waals surface area contributed by atoms with Crippen LogP contribution in [0.2, 0.25) is 0 Å². The van der Waals surface area contributed by atoms with Crippen LogP contribution in [0.4, 0.5) is 26.3 Å². The first kappa shape index (κ1) is 23.2. The maximum absolute atomic E-state index is 12.4. The molecule has 0 spiro atoms. The summed E-state index contributed by atoms with van der Waals surface area (Å²) in [6.07, 6.45) is 0. The van der Waals surface area contributed by atoms with Gasteiger partial charge in [-0.05, 0) is 12.1 Å². The highest BCUT2D eigenvalue weighted by molar-refractivity contribution is 7.88. The zero-order chi connectivity index (χ0) is 24.6. The molecule has 0 aliphatic carbocycles. The molecule has 20 heteroatoms. The van der Waals surface area contributed by atoms with Crippen LogP contribution in [-0.4, -0.2) is 37.3 Å². The third-order valence-electron chi connectivity index (χ3n) is 3.73. The fourth-order valence-corrected chi connectivity index (χ4v) is 3.18. The SMILES string of the molecule is O=c1c2cc3c(=O)n(OS(=O)(=O)C(F)(F)F)c(=O)c3cc2c(=O)n1OS(=O)(=O)C(F)(F)F. The van der Waals surface area contributed by atoms with Crippen LogP contribution in [0.5, 0.6) is 0 Å². The minimum atomic E-state index is -6.49. The second kappa shape index (κ2) is 6.54. The van der Waals surface area contributed by atoms with Gasteiger partial charge in [-0.2, -0.15) is 43.2 Å². The highest BCUT2D eigenvalue weighted by Crippen LogP contribution is 2.24. The van der Waals surface area contributed by atoms with E-state index in [1.165, 1.54) is 0 Å². The molecule has 0 saturated carbocycles. The molecule has 12 nitrogen and oxygen atoms in total. The number of hydrogen-bond donors (Lipinski definition) is 0. The summed E-state index contributed by atoms with van der Waals surface area (Å²) in [5.41, 5.74) is -19.5. The number of benzene rings is 1. The molecular weight excluding hydrogens is 510 g/mol. The molecule has 0 bridgehead atoms. The molecule has 0 aliphatic heterocycles. The van der Waals surface area contributed by atoms with Crippen molar-refractivity contribution in [3.63, 3.8) is 0 Å². The lowest BCUT2D eigenvalue weighted by molar-refractivity contribution is -0.0554. The van der Waals surface area contributed by atoms with E-state index in [0.29, 0.717) is 12.1 Å². The van der Waals surface area contributed by atoms with Crippen LogP contribution in [0.3, 0.4) is 0 Å². The van der Waals surface area contributed by atoms with Crippen molar-refractivity contribution in [2.24, 2.45) is 0 Å². The Balaban J connectivity index is 2.29.